The zero-order valence-corrected chi connectivity index (χ0v) is 17.1. The van der Waals surface area contributed by atoms with E-state index in [0.29, 0.717) is 22.4 Å². The van der Waals surface area contributed by atoms with E-state index in [1.165, 1.54) is 26.6 Å². The SMILES string of the molecule is O=C(Nc1nc2c(s1)CCC2)[C@@H]1CCCCN1S(=O)(=O)c1ccc(Cl)s1. The molecule has 2 aliphatic rings. The highest BCUT2D eigenvalue weighted by Crippen LogP contribution is 2.33. The molecular formula is C16H18ClN3O3S3. The molecule has 2 aromatic rings. The van der Waals surface area contributed by atoms with E-state index < -0.39 is 16.1 Å². The number of rotatable bonds is 4. The van der Waals surface area contributed by atoms with Gasteiger partial charge in [0, 0.05) is 11.4 Å². The van der Waals surface area contributed by atoms with Crippen LogP contribution in [0.3, 0.4) is 0 Å². The van der Waals surface area contributed by atoms with Crippen molar-refractivity contribution < 1.29 is 13.2 Å². The Hall–Kier alpha value is -1.000. The van der Waals surface area contributed by atoms with Gasteiger partial charge in [0.1, 0.15) is 10.3 Å². The summed E-state index contributed by atoms with van der Waals surface area (Å²) in [5, 5.41) is 3.41. The van der Waals surface area contributed by atoms with E-state index in [4.69, 9.17) is 11.6 Å². The first-order valence-electron chi connectivity index (χ1n) is 8.52. The van der Waals surface area contributed by atoms with Crippen LogP contribution in [0.25, 0.3) is 0 Å². The van der Waals surface area contributed by atoms with E-state index in [1.807, 2.05) is 0 Å². The van der Waals surface area contributed by atoms with Gasteiger partial charge in [-0.25, -0.2) is 13.4 Å². The lowest BCUT2D eigenvalue weighted by atomic mass is 10.0. The van der Waals surface area contributed by atoms with Crippen molar-refractivity contribution in [1.82, 2.24) is 9.29 Å². The lowest BCUT2D eigenvalue weighted by Gasteiger charge is -2.32. The Labute approximate surface area is 165 Å². The number of sulfonamides is 1. The van der Waals surface area contributed by atoms with Crippen LogP contribution < -0.4 is 5.32 Å². The predicted molar refractivity (Wildman–Crippen MR) is 104 cm³/mol. The van der Waals surface area contributed by atoms with E-state index in [9.17, 15) is 13.2 Å². The minimum atomic E-state index is -3.73. The van der Waals surface area contributed by atoms with Gasteiger partial charge < -0.3 is 5.32 Å². The van der Waals surface area contributed by atoms with Crippen molar-refractivity contribution in [2.45, 2.75) is 48.8 Å². The van der Waals surface area contributed by atoms with Gasteiger partial charge in [-0.2, -0.15) is 4.31 Å². The predicted octanol–water partition coefficient (Wildman–Crippen LogP) is 3.53. The standard InChI is InChI=1S/C16H18ClN3O3S3/c17-13-7-8-14(25-13)26(22,23)20-9-2-1-5-11(20)15(21)19-16-18-10-4-3-6-12(10)24-16/h7-8,11H,1-6,9H2,(H,18,19,21)/t11-/m0/s1. The number of carbonyl (C=O) groups excluding carboxylic acids is 1. The Morgan fingerprint density at radius 3 is 2.81 bits per heavy atom. The number of thiophene rings is 1. The number of thiazole rings is 1. The van der Waals surface area contributed by atoms with Crippen LogP contribution in [0, 0.1) is 0 Å². The summed E-state index contributed by atoms with van der Waals surface area (Å²) in [7, 11) is -3.73. The topological polar surface area (TPSA) is 79.4 Å². The van der Waals surface area contributed by atoms with Crippen LogP contribution >= 0.6 is 34.3 Å². The molecule has 6 nitrogen and oxygen atoms in total. The number of aryl methyl sites for hydroxylation is 2. The van der Waals surface area contributed by atoms with E-state index >= 15 is 0 Å². The third-order valence-corrected chi connectivity index (χ3v) is 9.37. The summed E-state index contributed by atoms with van der Waals surface area (Å²) in [6, 6.07) is 2.35. The molecule has 0 radical (unpaired) electrons. The highest BCUT2D eigenvalue weighted by Gasteiger charge is 2.38. The van der Waals surface area contributed by atoms with Crippen molar-refractivity contribution >= 4 is 55.3 Å². The Balaban J connectivity index is 1.55. The molecule has 1 aliphatic carbocycles. The maximum Gasteiger partial charge on any atom is 0.253 e. The summed E-state index contributed by atoms with van der Waals surface area (Å²) < 4.78 is 27.8. The average Bonchev–Trinajstić information content (AvgIpc) is 3.31. The van der Waals surface area contributed by atoms with Crippen molar-refractivity contribution in [2.24, 2.45) is 0 Å². The van der Waals surface area contributed by atoms with Gasteiger partial charge in [0.05, 0.1) is 10.0 Å². The molecule has 1 atom stereocenters. The molecule has 0 aromatic carbocycles. The van der Waals surface area contributed by atoms with Crippen LogP contribution in [-0.4, -0.2) is 36.2 Å². The lowest BCUT2D eigenvalue weighted by molar-refractivity contribution is -0.120. The minimum absolute atomic E-state index is 0.176. The van der Waals surface area contributed by atoms with Gasteiger partial charge in [0.2, 0.25) is 5.91 Å². The number of anilines is 1. The van der Waals surface area contributed by atoms with Crippen LogP contribution in [0.5, 0.6) is 0 Å². The summed E-state index contributed by atoms with van der Waals surface area (Å²) in [5.74, 6) is -0.302. The number of carbonyl (C=O) groups is 1. The maximum absolute atomic E-state index is 13.0. The van der Waals surface area contributed by atoms with Crippen molar-refractivity contribution in [3.05, 3.63) is 27.0 Å². The van der Waals surface area contributed by atoms with Crippen LogP contribution in [0.2, 0.25) is 4.34 Å². The second-order valence-corrected chi connectivity index (χ2v) is 11.3. The molecule has 140 valence electrons. The summed E-state index contributed by atoms with van der Waals surface area (Å²) in [6.07, 6.45) is 5.14. The van der Waals surface area contributed by atoms with E-state index in [2.05, 4.69) is 10.3 Å². The molecular weight excluding hydrogens is 414 g/mol. The van der Waals surface area contributed by atoms with Crippen molar-refractivity contribution in [2.75, 3.05) is 11.9 Å². The quantitative estimate of drug-likeness (QED) is 0.803. The molecule has 1 N–H and O–H groups in total. The minimum Gasteiger partial charge on any atom is -0.301 e. The van der Waals surface area contributed by atoms with Gasteiger partial charge in [-0.1, -0.05) is 18.0 Å². The third kappa shape index (κ3) is 3.43. The third-order valence-electron chi connectivity index (χ3n) is 4.69. The maximum atomic E-state index is 13.0. The first-order chi connectivity index (χ1) is 12.4. The van der Waals surface area contributed by atoms with Gasteiger partial charge in [-0.15, -0.1) is 22.7 Å². The van der Waals surface area contributed by atoms with Gasteiger partial charge in [0.15, 0.2) is 5.13 Å². The fourth-order valence-corrected chi connectivity index (χ4v) is 7.76. The number of fused-ring (bicyclic) bond motifs is 1. The number of amides is 1. The van der Waals surface area contributed by atoms with Crippen molar-refractivity contribution in [1.29, 1.82) is 0 Å². The fourth-order valence-electron chi connectivity index (χ4n) is 3.44. The zero-order chi connectivity index (χ0) is 18.3. The number of nitrogens with zero attached hydrogens (tertiary/aromatic N) is 2. The van der Waals surface area contributed by atoms with E-state index in [-0.39, 0.29) is 10.1 Å². The molecule has 0 unspecified atom stereocenters. The van der Waals surface area contributed by atoms with E-state index in [1.54, 1.807) is 6.07 Å². The number of hydrogen-bond donors (Lipinski definition) is 1. The molecule has 1 fully saturated rings. The molecule has 0 bridgehead atoms. The normalized spacial score (nSPS) is 20.9. The summed E-state index contributed by atoms with van der Waals surface area (Å²) in [5.41, 5.74) is 1.06. The number of piperidine rings is 1. The Morgan fingerprint density at radius 2 is 2.08 bits per heavy atom. The molecule has 10 heteroatoms. The summed E-state index contributed by atoms with van der Waals surface area (Å²) >= 11 is 8.41. The fraction of sp³-hybridized carbons (Fsp3) is 0.500. The monoisotopic (exact) mass is 431 g/mol. The second-order valence-electron chi connectivity index (χ2n) is 6.42. The molecule has 0 spiro atoms. The van der Waals surface area contributed by atoms with Gasteiger partial charge in [-0.05, 0) is 44.2 Å². The van der Waals surface area contributed by atoms with Crippen LogP contribution in [0.4, 0.5) is 5.13 Å². The Morgan fingerprint density at radius 1 is 1.23 bits per heavy atom. The molecule has 1 amide bonds. The molecule has 4 rings (SSSR count). The molecule has 0 saturated carbocycles. The highest BCUT2D eigenvalue weighted by atomic mass is 35.5. The average molecular weight is 432 g/mol. The first-order valence-corrected chi connectivity index (χ1v) is 12.0. The lowest BCUT2D eigenvalue weighted by Crippen LogP contribution is -2.49. The summed E-state index contributed by atoms with van der Waals surface area (Å²) in [4.78, 5) is 18.5. The molecule has 2 aromatic heterocycles. The van der Waals surface area contributed by atoms with Crippen LogP contribution in [0.1, 0.15) is 36.3 Å². The molecule has 26 heavy (non-hydrogen) atoms. The molecule has 1 aliphatic heterocycles. The number of halogens is 1. The smallest absolute Gasteiger partial charge is 0.253 e. The first kappa shape index (κ1) is 18.4. The van der Waals surface area contributed by atoms with Crippen molar-refractivity contribution in [3.8, 4) is 0 Å². The van der Waals surface area contributed by atoms with Gasteiger partial charge >= 0.3 is 0 Å². The second kappa shape index (κ2) is 7.20. The van der Waals surface area contributed by atoms with Crippen molar-refractivity contribution in [3.63, 3.8) is 0 Å². The van der Waals surface area contributed by atoms with Gasteiger partial charge in [0.25, 0.3) is 10.0 Å². The number of hydrogen-bond acceptors (Lipinski definition) is 6. The number of aromatic nitrogens is 1. The Kier molecular flexibility index (Phi) is 5.08. The van der Waals surface area contributed by atoms with Crippen LogP contribution in [0.15, 0.2) is 16.3 Å². The van der Waals surface area contributed by atoms with Gasteiger partial charge in [-0.3, -0.25) is 4.79 Å². The number of nitrogens with one attached hydrogen (secondary N) is 1. The molecule has 1 saturated heterocycles. The largest absolute Gasteiger partial charge is 0.301 e. The van der Waals surface area contributed by atoms with Crippen LogP contribution in [-0.2, 0) is 27.7 Å². The van der Waals surface area contributed by atoms with E-state index in [0.717, 1.165) is 49.1 Å². The zero-order valence-electron chi connectivity index (χ0n) is 13.9. The Bertz CT molecular complexity index is 916. The highest BCUT2D eigenvalue weighted by molar-refractivity contribution is 7.91. The molecule has 3 heterocycles. The summed E-state index contributed by atoms with van der Waals surface area (Å²) in [6.45, 7) is 0.338.